The number of hydrogen-bond donors (Lipinski definition) is 1. The molecule has 2 amide bonds. The minimum absolute atomic E-state index is 0.0192. The molecule has 2 aliphatic rings. The van der Waals surface area contributed by atoms with E-state index < -0.39 is 11.9 Å². The van der Waals surface area contributed by atoms with Gasteiger partial charge < -0.3 is 10.2 Å². The lowest BCUT2D eigenvalue weighted by atomic mass is 10.2. The minimum atomic E-state index is -0.659. The molecule has 2 fully saturated rings. The van der Waals surface area contributed by atoms with Crippen LogP contribution >= 0.6 is 23.4 Å². The highest BCUT2D eigenvalue weighted by Crippen LogP contribution is 2.47. The number of benzene rings is 1. The summed E-state index contributed by atoms with van der Waals surface area (Å²) in [7, 11) is 0. The summed E-state index contributed by atoms with van der Waals surface area (Å²) >= 11 is 7.29. The molecule has 2 saturated heterocycles. The first-order valence-electron chi connectivity index (χ1n) is 6.63. The molecule has 0 unspecified atom stereocenters. The molecular formula is C14H14ClFN2O2S. The first-order chi connectivity index (χ1) is 9.92. The van der Waals surface area contributed by atoms with Crippen molar-refractivity contribution in [3.63, 3.8) is 0 Å². The van der Waals surface area contributed by atoms with Crippen LogP contribution in [0.1, 0.15) is 19.8 Å². The van der Waals surface area contributed by atoms with Gasteiger partial charge in [-0.1, -0.05) is 17.7 Å². The number of nitrogens with one attached hydrogen (secondary N) is 1. The van der Waals surface area contributed by atoms with E-state index in [1.165, 1.54) is 12.1 Å². The lowest BCUT2D eigenvalue weighted by molar-refractivity contribution is -0.135. The summed E-state index contributed by atoms with van der Waals surface area (Å²) in [6, 6.07) is 3.87. The van der Waals surface area contributed by atoms with Gasteiger partial charge in [-0.25, -0.2) is 4.39 Å². The Balaban J connectivity index is 1.80. The third-order valence-electron chi connectivity index (χ3n) is 3.96. The second-order valence-corrected chi connectivity index (χ2v) is 7.26. The van der Waals surface area contributed by atoms with Gasteiger partial charge in [0.2, 0.25) is 11.8 Å². The highest BCUT2D eigenvalue weighted by Gasteiger charge is 2.52. The number of anilines is 1. The number of rotatable bonds is 2. The Hall–Kier alpha value is -1.27. The Labute approximate surface area is 131 Å². The molecule has 3 rings (SSSR count). The van der Waals surface area contributed by atoms with E-state index in [0.717, 1.165) is 6.42 Å². The molecule has 2 aliphatic heterocycles. The van der Waals surface area contributed by atoms with Gasteiger partial charge in [0, 0.05) is 12.2 Å². The molecule has 112 valence electrons. The second-order valence-electron chi connectivity index (χ2n) is 5.36. The maximum atomic E-state index is 13.8. The number of fused-ring (bicyclic) bond motifs is 1. The summed E-state index contributed by atoms with van der Waals surface area (Å²) < 4.78 is 13.8. The van der Waals surface area contributed by atoms with Gasteiger partial charge >= 0.3 is 0 Å². The van der Waals surface area contributed by atoms with Crippen molar-refractivity contribution in [1.82, 2.24) is 4.90 Å². The largest absolute Gasteiger partial charge is 0.322 e. The molecule has 0 saturated carbocycles. The van der Waals surface area contributed by atoms with Crippen LogP contribution < -0.4 is 5.32 Å². The molecule has 0 bridgehead atoms. The number of thioether (sulfide) groups is 1. The fourth-order valence-electron chi connectivity index (χ4n) is 2.83. The van der Waals surface area contributed by atoms with Gasteiger partial charge in [0.05, 0.1) is 15.6 Å². The van der Waals surface area contributed by atoms with Crippen LogP contribution in [0.2, 0.25) is 5.02 Å². The van der Waals surface area contributed by atoms with Crippen molar-refractivity contribution in [2.75, 3.05) is 11.1 Å². The standard InChI is InChI=1S/C14H14ClFN2O2S/c1-14-6-5-11(19)18(14)10(7-21-14)13(20)17-9-4-2-3-8(15)12(9)16/h2-4,10H,5-7H2,1H3,(H,17,20)/t10-,14+/m1/s1. The summed E-state index contributed by atoms with van der Waals surface area (Å²) in [5, 5.41) is 2.49. The van der Waals surface area contributed by atoms with Crippen molar-refractivity contribution in [2.24, 2.45) is 0 Å². The molecule has 1 aromatic rings. The molecule has 0 aliphatic carbocycles. The maximum absolute atomic E-state index is 13.8. The highest BCUT2D eigenvalue weighted by atomic mass is 35.5. The molecule has 0 aromatic heterocycles. The molecular weight excluding hydrogens is 315 g/mol. The van der Waals surface area contributed by atoms with E-state index in [9.17, 15) is 14.0 Å². The van der Waals surface area contributed by atoms with Crippen molar-refractivity contribution in [1.29, 1.82) is 0 Å². The van der Waals surface area contributed by atoms with E-state index in [0.29, 0.717) is 12.2 Å². The predicted octanol–water partition coefficient (Wildman–Crippen LogP) is 2.87. The Kier molecular flexibility index (Phi) is 3.61. The first kappa shape index (κ1) is 14.7. The van der Waals surface area contributed by atoms with Crippen LogP contribution in [0.5, 0.6) is 0 Å². The molecule has 4 nitrogen and oxygen atoms in total. The van der Waals surface area contributed by atoms with Crippen LogP contribution in [0.3, 0.4) is 0 Å². The summed E-state index contributed by atoms with van der Waals surface area (Å²) in [6.07, 6.45) is 1.20. The normalized spacial score (nSPS) is 27.9. The number of amides is 2. The van der Waals surface area contributed by atoms with Crippen LogP contribution in [0, 0.1) is 5.82 Å². The van der Waals surface area contributed by atoms with Gasteiger partial charge in [-0.3, -0.25) is 9.59 Å². The van der Waals surface area contributed by atoms with Gasteiger partial charge in [0.1, 0.15) is 6.04 Å². The minimum Gasteiger partial charge on any atom is -0.322 e. The van der Waals surface area contributed by atoms with Crippen molar-refractivity contribution in [3.05, 3.63) is 29.0 Å². The fourth-order valence-corrected chi connectivity index (χ4v) is 4.44. The SMILES string of the molecule is C[C@]12CCC(=O)N1[C@@H](C(=O)Nc1cccc(Cl)c1F)CS2. The third-order valence-corrected chi connectivity index (χ3v) is 5.75. The molecule has 1 N–H and O–H groups in total. The van der Waals surface area contributed by atoms with Gasteiger partial charge in [-0.05, 0) is 25.5 Å². The summed E-state index contributed by atoms with van der Waals surface area (Å²) in [5.41, 5.74) is 0.0396. The molecule has 2 heterocycles. The monoisotopic (exact) mass is 328 g/mol. The zero-order valence-corrected chi connectivity index (χ0v) is 12.9. The summed E-state index contributed by atoms with van der Waals surface area (Å²) in [6.45, 7) is 1.97. The molecule has 1 aromatic carbocycles. The Morgan fingerprint density at radius 1 is 1.57 bits per heavy atom. The lowest BCUT2D eigenvalue weighted by Gasteiger charge is -2.29. The van der Waals surface area contributed by atoms with Crippen LogP contribution in [-0.4, -0.2) is 33.4 Å². The van der Waals surface area contributed by atoms with Gasteiger partial charge in [-0.15, -0.1) is 11.8 Å². The average molecular weight is 329 g/mol. The third kappa shape index (κ3) is 2.40. The van der Waals surface area contributed by atoms with Crippen molar-refractivity contribution < 1.29 is 14.0 Å². The van der Waals surface area contributed by atoms with E-state index in [4.69, 9.17) is 11.6 Å². The van der Waals surface area contributed by atoms with E-state index in [-0.39, 0.29) is 27.4 Å². The van der Waals surface area contributed by atoms with Gasteiger partial charge in [-0.2, -0.15) is 0 Å². The first-order valence-corrected chi connectivity index (χ1v) is 8.00. The van der Waals surface area contributed by atoms with E-state index in [1.807, 2.05) is 6.92 Å². The lowest BCUT2D eigenvalue weighted by Crippen LogP contribution is -2.48. The van der Waals surface area contributed by atoms with Crippen LogP contribution in [0.15, 0.2) is 18.2 Å². The molecule has 2 atom stereocenters. The number of carbonyl (C=O) groups excluding carboxylic acids is 2. The Morgan fingerprint density at radius 2 is 2.33 bits per heavy atom. The fraction of sp³-hybridized carbons (Fsp3) is 0.429. The molecule has 0 spiro atoms. The van der Waals surface area contributed by atoms with E-state index >= 15 is 0 Å². The maximum Gasteiger partial charge on any atom is 0.248 e. The smallest absolute Gasteiger partial charge is 0.248 e. The number of hydrogen-bond acceptors (Lipinski definition) is 3. The van der Waals surface area contributed by atoms with E-state index in [2.05, 4.69) is 5.32 Å². The van der Waals surface area contributed by atoms with Crippen LogP contribution in [0.25, 0.3) is 0 Å². The molecule has 7 heteroatoms. The van der Waals surface area contributed by atoms with Gasteiger partial charge in [0.25, 0.3) is 0 Å². The summed E-state index contributed by atoms with van der Waals surface area (Å²) in [5.74, 6) is -0.526. The second kappa shape index (κ2) is 5.18. The predicted molar refractivity (Wildman–Crippen MR) is 80.8 cm³/mol. The quantitative estimate of drug-likeness (QED) is 0.908. The molecule has 21 heavy (non-hydrogen) atoms. The number of halogens is 2. The zero-order valence-electron chi connectivity index (χ0n) is 11.4. The highest BCUT2D eigenvalue weighted by molar-refractivity contribution is 8.01. The number of nitrogens with zero attached hydrogens (tertiary/aromatic N) is 1. The Morgan fingerprint density at radius 3 is 3.10 bits per heavy atom. The molecule has 0 radical (unpaired) electrons. The van der Waals surface area contributed by atoms with Crippen molar-refractivity contribution >= 4 is 40.9 Å². The van der Waals surface area contributed by atoms with E-state index in [1.54, 1.807) is 22.7 Å². The van der Waals surface area contributed by atoms with Crippen molar-refractivity contribution in [2.45, 2.75) is 30.7 Å². The average Bonchev–Trinajstić information content (AvgIpc) is 2.92. The number of carbonyl (C=O) groups is 2. The Bertz CT molecular complexity index is 627. The topological polar surface area (TPSA) is 49.4 Å². The zero-order chi connectivity index (χ0) is 15.2. The van der Waals surface area contributed by atoms with Crippen LogP contribution in [-0.2, 0) is 9.59 Å². The van der Waals surface area contributed by atoms with Crippen molar-refractivity contribution in [3.8, 4) is 0 Å². The van der Waals surface area contributed by atoms with Crippen LogP contribution in [0.4, 0.5) is 10.1 Å². The van der Waals surface area contributed by atoms with Gasteiger partial charge in [0.15, 0.2) is 5.82 Å². The summed E-state index contributed by atoms with van der Waals surface area (Å²) in [4.78, 5) is 25.7.